The molecule has 1 unspecified atom stereocenters. The molecule has 0 aromatic carbocycles. The highest BCUT2D eigenvalue weighted by Gasteiger charge is 2.16. The van der Waals surface area contributed by atoms with Gasteiger partial charge in [-0.05, 0) is 69.8 Å². The molecule has 1 aliphatic heterocycles. The lowest BCUT2D eigenvalue weighted by Crippen LogP contribution is -2.38. The van der Waals surface area contributed by atoms with Crippen molar-refractivity contribution in [3.8, 4) is 0 Å². The lowest BCUT2D eigenvalue weighted by Gasteiger charge is -2.33. The van der Waals surface area contributed by atoms with E-state index in [1.54, 1.807) is 0 Å². The van der Waals surface area contributed by atoms with Crippen molar-refractivity contribution < 1.29 is 0 Å². The van der Waals surface area contributed by atoms with Crippen LogP contribution in [0.3, 0.4) is 0 Å². The Morgan fingerprint density at radius 2 is 2.33 bits per heavy atom. The smallest absolute Gasteiger partial charge is 0.0302 e. The molecule has 18 heavy (non-hydrogen) atoms. The first-order valence-electron chi connectivity index (χ1n) is 7.25. The summed E-state index contributed by atoms with van der Waals surface area (Å²) < 4.78 is 0. The second-order valence-corrected chi connectivity index (χ2v) is 6.44. The van der Waals surface area contributed by atoms with E-state index in [1.807, 2.05) is 11.3 Å². The van der Waals surface area contributed by atoms with E-state index < -0.39 is 0 Å². The van der Waals surface area contributed by atoms with Crippen LogP contribution in [0.4, 0.5) is 0 Å². The first-order chi connectivity index (χ1) is 8.77. The molecule has 3 heteroatoms. The zero-order valence-electron chi connectivity index (χ0n) is 11.7. The van der Waals surface area contributed by atoms with Crippen molar-refractivity contribution in [3.63, 3.8) is 0 Å². The average molecular weight is 266 g/mol. The minimum atomic E-state index is 0.804. The Kier molecular flexibility index (Phi) is 5.67. The van der Waals surface area contributed by atoms with Gasteiger partial charge in [-0.2, -0.15) is 0 Å². The van der Waals surface area contributed by atoms with Crippen LogP contribution in [0.5, 0.6) is 0 Å². The molecule has 1 atom stereocenters. The number of rotatable bonds is 6. The van der Waals surface area contributed by atoms with E-state index in [2.05, 4.69) is 35.5 Å². The van der Waals surface area contributed by atoms with Gasteiger partial charge in [-0.15, -0.1) is 11.3 Å². The minimum Gasteiger partial charge on any atom is -0.312 e. The van der Waals surface area contributed by atoms with Gasteiger partial charge in [0.25, 0.3) is 0 Å². The van der Waals surface area contributed by atoms with Crippen LogP contribution >= 0.6 is 11.3 Å². The third-order valence-electron chi connectivity index (χ3n) is 3.99. The van der Waals surface area contributed by atoms with Crippen LogP contribution in [0.1, 0.15) is 43.0 Å². The van der Waals surface area contributed by atoms with E-state index in [-0.39, 0.29) is 0 Å². The summed E-state index contributed by atoms with van der Waals surface area (Å²) in [6.45, 7) is 9.33. The number of hydrogen-bond donors (Lipinski definition) is 1. The maximum Gasteiger partial charge on any atom is 0.0302 e. The summed E-state index contributed by atoms with van der Waals surface area (Å²) in [6, 6.07) is 3.01. The number of piperidine rings is 1. The van der Waals surface area contributed by atoms with E-state index >= 15 is 0 Å². The fourth-order valence-electron chi connectivity index (χ4n) is 2.68. The molecule has 1 aromatic rings. The number of likely N-dealkylation sites (tertiary alicyclic amines) is 1. The molecule has 1 aromatic heterocycles. The van der Waals surface area contributed by atoms with E-state index in [0.717, 1.165) is 19.1 Å². The molecule has 1 fully saturated rings. The standard InChI is InChI=1S/C15H26N2S/c1-13-7-11-18-15(13)12-16-8-5-10-17-9-4-3-6-14(17)2/h7,11,14,16H,3-6,8-10,12H2,1-2H3. The molecule has 0 amide bonds. The van der Waals surface area contributed by atoms with Crippen LogP contribution in [0.15, 0.2) is 11.4 Å². The quantitative estimate of drug-likeness (QED) is 0.794. The maximum absolute atomic E-state index is 3.57. The summed E-state index contributed by atoms with van der Waals surface area (Å²) >= 11 is 1.86. The second-order valence-electron chi connectivity index (χ2n) is 5.44. The Bertz CT molecular complexity index is 348. The molecule has 0 spiro atoms. The summed E-state index contributed by atoms with van der Waals surface area (Å²) in [5.41, 5.74) is 1.43. The highest BCUT2D eigenvalue weighted by atomic mass is 32.1. The van der Waals surface area contributed by atoms with Crippen molar-refractivity contribution in [2.45, 2.75) is 52.1 Å². The van der Waals surface area contributed by atoms with Gasteiger partial charge in [0.2, 0.25) is 0 Å². The van der Waals surface area contributed by atoms with Gasteiger partial charge in [0.1, 0.15) is 0 Å². The van der Waals surface area contributed by atoms with Gasteiger partial charge >= 0.3 is 0 Å². The normalized spacial score (nSPS) is 21.3. The third kappa shape index (κ3) is 4.08. The van der Waals surface area contributed by atoms with Crippen LogP contribution < -0.4 is 5.32 Å². The lowest BCUT2D eigenvalue weighted by atomic mass is 10.0. The van der Waals surface area contributed by atoms with Gasteiger partial charge < -0.3 is 10.2 Å². The zero-order valence-corrected chi connectivity index (χ0v) is 12.6. The fourth-order valence-corrected chi connectivity index (χ4v) is 3.56. The van der Waals surface area contributed by atoms with Gasteiger partial charge in [-0.25, -0.2) is 0 Å². The fraction of sp³-hybridized carbons (Fsp3) is 0.733. The molecule has 2 heterocycles. The number of nitrogens with zero attached hydrogens (tertiary/aromatic N) is 1. The number of hydrogen-bond acceptors (Lipinski definition) is 3. The number of nitrogens with one attached hydrogen (secondary N) is 1. The zero-order chi connectivity index (χ0) is 12.8. The van der Waals surface area contributed by atoms with Gasteiger partial charge in [-0.1, -0.05) is 6.42 Å². The molecule has 1 N–H and O–H groups in total. The summed E-state index contributed by atoms with van der Waals surface area (Å²) in [6.07, 6.45) is 5.48. The average Bonchev–Trinajstić information content (AvgIpc) is 2.77. The molecule has 1 aliphatic rings. The van der Waals surface area contributed by atoms with Gasteiger partial charge in [0.15, 0.2) is 0 Å². The van der Waals surface area contributed by atoms with Gasteiger partial charge in [0.05, 0.1) is 0 Å². The molecule has 0 saturated carbocycles. The maximum atomic E-state index is 3.57. The Balaban J connectivity index is 1.57. The second kappa shape index (κ2) is 7.27. The molecule has 0 radical (unpaired) electrons. The Morgan fingerprint density at radius 3 is 3.06 bits per heavy atom. The van der Waals surface area contributed by atoms with E-state index in [4.69, 9.17) is 0 Å². The van der Waals surface area contributed by atoms with Crippen LogP contribution in [0.2, 0.25) is 0 Å². The van der Waals surface area contributed by atoms with Crippen LogP contribution in [-0.4, -0.2) is 30.6 Å². The number of thiophene rings is 1. The topological polar surface area (TPSA) is 15.3 Å². The molecule has 0 aliphatic carbocycles. The highest BCUT2D eigenvalue weighted by Crippen LogP contribution is 2.16. The molecule has 2 rings (SSSR count). The summed E-state index contributed by atoms with van der Waals surface area (Å²) in [5.74, 6) is 0. The molecular weight excluding hydrogens is 240 g/mol. The molecular formula is C15H26N2S. The molecule has 1 saturated heterocycles. The van der Waals surface area contributed by atoms with Crippen LogP contribution in [0.25, 0.3) is 0 Å². The predicted molar refractivity (Wildman–Crippen MR) is 80.3 cm³/mol. The monoisotopic (exact) mass is 266 g/mol. The summed E-state index contributed by atoms with van der Waals surface area (Å²) in [5, 5.41) is 5.75. The minimum absolute atomic E-state index is 0.804. The van der Waals surface area contributed by atoms with Crippen LogP contribution in [0, 0.1) is 6.92 Å². The molecule has 2 nitrogen and oxygen atoms in total. The van der Waals surface area contributed by atoms with E-state index in [1.165, 1.54) is 49.2 Å². The molecule has 102 valence electrons. The Hall–Kier alpha value is -0.380. The van der Waals surface area contributed by atoms with Gasteiger partial charge in [-0.3, -0.25) is 0 Å². The van der Waals surface area contributed by atoms with E-state index in [9.17, 15) is 0 Å². The predicted octanol–water partition coefficient (Wildman–Crippen LogP) is 3.41. The van der Waals surface area contributed by atoms with Crippen molar-refractivity contribution in [3.05, 3.63) is 21.9 Å². The first kappa shape index (κ1) is 14.0. The molecule has 0 bridgehead atoms. The van der Waals surface area contributed by atoms with E-state index in [0.29, 0.717) is 0 Å². The first-order valence-corrected chi connectivity index (χ1v) is 8.13. The SMILES string of the molecule is Cc1ccsc1CNCCCN1CCCCC1C. The summed E-state index contributed by atoms with van der Waals surface area (Å²) in [4.78, 5) is 4.14. The Labute approximate surface area is 115 Å². The van der Waals surface area contributed by atoms with Crippen LogP contribution in [-0.2, 0) is 6.54 Å². The van der Waals surface area contributed by atoms with Crippen molar-refractivity contribution in [2.24, 2.45) is 0 Å². The van der Waals surface area contributed by atoms with Gasteiger partial charge in [0, 0.05) is 17.5 Å². The highest BCUT2D eigenvalue weighted by molar-refractivity contribution is 7.10. The van der Waals surface area contributed by atoms with Crippen molar-refractivity contribution >= 4 is 11.3 Å². The largest absolute Gasteiger partial charge is 0.312 e. The van der Waals surface area contributed by atoms with Crippen molar-refractivity contribution in [1.29, 1.82) is 0 Å². The summed E-state index contributed by atoms with van der Waals surface area (Å²) in [7, 11) is 0. The Morgan fingerprint density at radius 1 is 1.44 bits per heavy atom. The lowest BCUT2D eigenvalue weighted by molar-refractivity contribution is 0.159. The van der Waals surface area contributed by atoms with Crippen molar-refractivity contribution in [1.82, 2.24) is 10.2 Å². The third-order valence-corrected chi connectivity index (χ3v) is 5.02. The van der Waals surface area contributed by atoms with Crippen molar-refractivity contribution in [2.75, 3.05) is 19.6 Å². The number of aryl methyl sites for hydroxylation is 1.